The van der Waals surface area contributed by atoms with Gasteiger partial charge in [-0.1, -0.05) is 0 Å². The molecule has 0 amide bonds. The Morgan fingerprint density at radius 1 is 1.28 bits per heavy atom. The second-order valence-electron chi connectivity index (χ2n) is 3.97. The Morgan fingerprint density at radius 3 is 3.11 bits per heavy atom. The summed E-state index contributed by atoms with van der Waals surface area (Å²) in [6, 6.07) is 0. The van der Waals surface area contributed by atoms with Gasteiger partial charge in [0.2, 0.25) is 0 Å². The number of rotatable bonds is 4. The third-order valence-electron chi connectivity index (χ3n) is 2.74. The first-order valence-electron chi connectivity index (χ1n) is 5.81. The summed E-state index contributed by atoms with van der Waals surface area (Å²) in [6.07, 6.45) is 10.3. The molecule has 0 aliphatic rings. The van der Waals surface area contributed by atoms with Gasteiger partial charge in [0.05, 0.1) is 29.7 Å². The summed E-state index contributed by atoms with van der Waals surface area (Å²) in [5.74, 6) is 1.42. The van der Waals surface area contributed by atoms with Gasteiger partial charge in [-0.15, -0.1) is 0 Å². The van der Waals surface area contributed by atoms with Gasteiger partial charge in [0.25, 0.3) is 0 Å². The van der Waals surface area contributed by atoms with Crippen LogP contribution in [0, 0.1) is 0 Å². The van der Waals surface area contributed by atoms with Crippen molar-refractivity contribution in [2.24, 2.45) is 5.73 Å². The molecule has 3 aromatic heterocycles. The Kier molecular flexibility index (Phi) is 2.77. The van der Waals surface area contributed by atoms with Gasteiger partial charge in [0.15, 0.2) is 11.7 Å². The van der Waals surface area contributed by atoms with Gasteiger partial charge in [-0.25, -0.2) is 9.50 Å². The fraction of sp³-hybridized carbons (Fsp3) is 0.250. The van der Waals surface area contributed by atoms with Gasteiger partial charge >= 0.3 is 0 Å². The fourth-order valence-electron chi connectivity index (χ4n) is 1.83. The molecule has 0 saturated heterocycles. The highest BCUT2D eigenvalue weighted by Crippen LogP contribution is 2.24. The number of oxazole rings is 1. The third-order valence-corrected chi connectivity index (χ3v) is 2.74. The molecular formula is C12H13N5O. The van der Waals surface area contributed by atoms with Crippen LogP contribution in [0.15, 0.2) is 35.4 Å². The Hall–Kier alpha value is -2.21. The van der Waals surface area contributed by atoms with E-state index in [1.54, 1.807) is 35.5 Å². The van der Waals surface area contributed by atoms with Crippen molar-refractivity contribution in [3.63, 3.8) is 0 Å². The highest BCUT2D eigenvalue weighted by molar-refractivity contribution is 5.75. The highest BCUT2D eigenvalue weighted by atomic mass is 16.4. The summed E-state index contributed by atoms with van der Waals surface area (Å²) in [5.41, 5.74) is 7.26. The minimum atomic E-state index is 0.637. The summed E-state index contributed by atoms with van der Waals surface area (Å²) in [4.78, 5) is 8.33. The largest absolute Gasteiger partial charge is 0.441 e. The molecule has 0 fully saturated rings. The standard InChI is InChI=1S/C12H13N5O/c13-3-1-2-12-15-8-11(18-12)9-6-16-17-5-4-14-7-10(9)17/h4-8H,1-3,13H2. The molecule has 0 aromatic carbocycles. The maximum absolute atomic E-state index is 5.69. The van der Waals surface area contributed by atoms with Crippen LogP contribution >= 0.6 is 0 Å². The second-order valence-corrected chi connectivity index (χ2v) is 3.97. The van der Waals surface area contributed by atoms with Crippen molar-refractivity contribution < 1.29 is 4.42 Å². The van der Waals surface area contributed by atoms with Gasteiger partial charge < -0.3 is 10.2 Å². The van der Waals surface area contributed by atoms with E-state index in [1.807, 2.05) is 0 Å². The Morgan fingerprint density at radius 2 is 2.22 bits per heavy atom. The van der Waals surface area contributed by atoms with E-state index in [4.69, 9.17) is 10.2 Å². The Balaban J connectivity index is 1.96. The predicted octanol–water partition coefficient (Wildman–Crippen LogP) is 1.28. The van der Waals surface area contributed by atoms with Gasteiger partial charge in [-0.3, -0.25) is 4.98 Å². The summed E-state index contributed by atoms with van der Waals surface area (Å²) in [6.45, 7) is 0.637. The molecule has 0 atom stereocenters. The van der Waals surface area contributed by atoms with Crippen molar-refractivity contribution in [2.75, 3.05) is 6.54 Å². The molecule has 3 rings (SSSR count). The van der Waals surface area contributed by atoms with Crippen LogP contribution in [0.25, 0.3) is 16.8 Å². The number of aromatic nitrogens is 4. The molecule has 18 heavy (non-hydrogen) atoms. The lowest BCUT2D eigenvalue weighted by molar-refractivity contribution is 0.500. The van der Waals surface area contributed by atoms with Gasteiger partial charge in [0, 0.05) is 18.8 Å². The minimum absolute atomic E-state index is 0.637. The summed E-state index contributed by atoms with van der Waals surface area (Å²) >= 11 is 0. The average molecular weight is 243 g/mol. The molecule has 0 unspecified atom stereocenters. The third kappa shape index (κ3) is 1.86. The summed E-state index contributed by atoms with van der Waals surface area (Å²) in [7, 11) is 0. The molecule has 3 aromatic rings. The first kappa shape index (κ1) is 10.9. The van der Waals surface area contributed by atoms with E-state index >= 15 is 0 Å². The highest BCUT2D eigenvalue weighted by Gasteiger charge is 2.11. The predicted molar refractivity (Wildman–Crippen MR) is 65.9 cm³/mol. The number of nitrogens with two attached hydrogens (primary N) is 1. The number of hydrogen-bond acceptors (Lipinski definition) is 5. The fourth-order valence-corrected chi connectivity index (χ4v) is 1.83. The first-order chi connectivity index (χ1) is 8.88. The lowest BCUT2D eigenvalue weighted by Crippen LogP contribution is -2.00. The maximum Gasteiger partial charge on any atom is 0.194 e. The van der Waals surface area contributed by atoms with Crippen LogP contribution in [0.4, 0.5) is 0 Å². The molecular weight excluding hydrogens is 230 g/mol. The minimum Gasteiger partial charge on any atom is -0.441 e. The first-order valence-corrected chi connectivity index (χ1v) is 5.81. The van der Waals surface area contributed by atoms with Crippen molar-refractivity contribution in [2.45, 2.75) is 12.8 Å². The van der Waals surface area contributed by atoms with Crippen molar-refractivity contribution in [1.82, 2.24) is 19.6 Å². The molecule has 0 bridgehead atoms. The molecule has 0 saturated carbocycles. The number of nitrogens with zero attached hydrogens (tertiary/aromatic N) is 4. The van der Waals surface area contributed by atoms with E-state index in [1.165, 1.54) is 0 Å². The molecule has 6 nitrogen and oxygen atoms in total. The molecule has 0 aliphatic carbocycles. The lowest BCUT2D eigenvalue weighted by Gasteiger charge is -1.94. The van der Waals surface area contributed by atoms with Crippen molar-refractivity contribution in [3.8, 4) is 11.3 Å². The second kappa shape index (κ2) is 4.58. The van der Waals surface area contributed by atoms with Crippen LogP contribution in [-0.4, -0.2) is 26.1 Å². The van der Waals surface area contributed by atoms with Crippen LogP contribution < -0.4 is 5.73 Å². The van der Waals surface area contributed by atoms with Crippen LogP contribution in [0.1, 0.15) is 12.3 Å². The Labute approximate surface area is 103 Å². The summed E-state index contributed by atoms with van der Waals surface area (Å²) < 4.78 is 7.44. The molecule has 3 heterocycles. The van der Waals surface area contributed by atoms with Gasteiger partial charge in [-0.05, 0) is 13.0 Å². The van der Waals surface area contributed by atoms with Crippen LogP contribution in [0.2, 0.25) is 0 Å². The van der Waals surface area contributed by atoms with E-state index < -0.39 is 0 Å². The van der Waals surface area contributed by atoms with E-state index in [2.05, 4.69) is 15.1 Å². The lowest BCUT2D eigenvalue weighted by atomic mass is 10.2. The number of hydrogen-bond donors (Lipinski definition) is 1. The molecule has 6 heteroatoms. The van der Waals surface area contributed by atoms with E-state index in [0.29, 0.717) is 18.2 Å². The van der Waals surface area contributed by atoms with Crippen molar-refractivity contribution >= 4 is 5.52 Å². The summed E-state index contributed by atoms with van der Waals surface area (Å²) in [5, 5.41) is 4.24. The maximum atomic E-state index is 5.69. The quantitative estimate of drug-likeness (QED) is 0.746. The molecule has 2 N–H and O–H groups in total. The Bertz CT molecular complexity index is 657. The zero-order valence-corrected chi connectivity index (χ0v) is 9.78. The number of fused-ring (bicyclic) bond motifs is 1. The average Bonchev–Trinajstić information content (AvgIpc) is 3.02. The van der Waals surface area contributed by atoms with Crippen LogP contribution in [0.3, 0.4) is 0 Å². The molecule has 92 valence electrons. The van der Waals surface area contributed by atoms with Gasteiger partial charge in [-0.2, -0.15) is 5.10 Å². The molecule has 0 aliphatic heterocycles. The van der Waals surface area contributed by atoms with Gasteiger partial charge in [0.1, 0.15) is 0 Å². The van der Waals surface area contributed by atoms with Crippen molar-refractivity contribution in [3.05, 3.63) is 36.9 Å². The zero-order chi connectivity index (χ0) is 12.4. The smallest absolute Gasteiger partial charge is 0.194 e. The van der Waals surface area contributed by atoms with E-state index in [-0.39, 0.29) is 0 Å². The van der Waals surface area contributed by atoms with E-state index in [9.17, 15) is 0 Å². The zero-order valence-electron chi connectivity index (χ0n) is 9.78. The number of aryl methyl sites for hydroxylation is 1. The van der Waals surface area contributed by atoms with Crippen LogP contribution in [-0.2, 0) is 6.42 Å². The van der Waals surface area contributed by atoms with E-state index in [0.717, 1.165) is 23.9 Å². The topological polar surface area (TPSA) is 82.2 Å². The normalized spacial score (nSPS) is 11.2. The SMILES string of the molecule is NCCCc1ncc(-c2cnn3ccncc23)o1. The molecule has 0 radical (unpaired) electrons. The molecule has 0 spiro atoms. The van der Waals surface area contributed by atoms with Crippen molar-refractivity contribution in [1.29, 1.82) is 0 Å². The van der Waals surface area contributed by atoms with Crippen LogP contribution in [0.5, 0.6) is 0 Å². The monoisotopic (exact) mass is 243 g/mol.